The highest BCUT2D eigenvalue weighted by atomic mass is 32.1. The number of anilines is 1. The Morgan fingerprint density at radius 3 is 2.51 bits per heavy atom. The number of thiazole rings is 1. The van der Waals surface area contributed by atoms with E-state index < -0.39 is 23.5 Å². The van der Waals surface area contributed by atoms with E-state index >= 15 is 9.59 Å². The average molecular weight is 1100 g/mol. The summed E-state index contributed by atoms with van der Waals surface area (Å²) in [7, 11) is 1.75. The molecule has 13 rings (SSSR count). The van der Waals surface area contributed by atoms with Gasteiger partial charge in [-0.25, -0.2) is 10.4 Å². The number of benzene rings is 1. The second-order valence-corrected chi connectivity index (χ2v) is 26.9. The molecule has 4 aromatic rings. The van der Waals surface area contributed by atoms with Crippen molar-refractivity contribution in [2.45, 2.75) is 166 Å². The number of aromatic nitrogens is 3. The second kappa shape index (κ2) is 21.4. The SMILES string of the molecule is CCn1c(-c2cc(N3CCN(C4CC4)CC3)cnc2[C@H](C)OC)c2c3cc(ccc31)-c1csc(n1)C[C@H](NC(=O)[C@H](C1CCCC1)N1CC[C@]3(CCN(C(=O)[C@@H]4N[C@@H]4C4CC4)C3)C1)C(=O)N1CCC[C@H](N1)C(=O)OCC(C)(C)C2. The Bertz CT molecular complexity index is 2970. The van der Waals surface area contributed by atoms with Gasteiger partial charge in [0.2, 0.25) is 11.8 Å². The number of likely N-dealkylation sites (tertiary alicyclic amines) is 2. The minimum Gasteiger partial charge on any atom is -0.464 e. The van der Waals surface area contributed by atoms with E-state index in [2.05, 4.69) is 97.6 Å². The lowest BCUT2D eigenvalue weighted by Crippen LogP contribution is -2.62. The molecule has 424 valence electrons. The standard InChI is InChI=1S/C61H83N11O6S/c1-6-71-49-18-15-40-28-43(49)45(55(71)44-29-42(32-62-51(44)37(2)77-5)68-26-24-67(25-27-68)41-16-17-41)31-60(3,4)36-78-59(76)46-12-9-21-72(66-46)57(74)47(30-50-63-48(40)33-79-50)64-56(73)54(39-10-7-8-11-39)69-22-19-61(34-69)20-23-70(35-61)58(75)53-52(65-53)38-13-14-38/h15,18,28-29,32-33,37-39,41,46-47,52-54,65-66H,6-14,16-17,19-27,30-31,34-36H2,1-5H3,(H,64,73)/t37-,46-,47-,52+,53+,54-,61-/m0/s1. The summed E-state index contributed by atoms with van der Waals surface area (Å²) < 4.78 is 14.8. The Hall–Kier alpha value is -4.98. The normalized spacial score (nSPS) is 28.8. The predicted molar refractivity (Wildman–Crippen MR) is 305 cm³/mol. The summed E-state index contributed by atoms with van der Waals surface area (Å²) in [6, 6.07) is 8.01. The van der Waals surface area contributed by atoms with Crippen molar-refractivity contribution in [1.82, 2.24) is 50.3 Å². The van der Waals surface area contributed by atoms with Crippen molar-refractivity contribution >= 4 is 51.6 Å². The Morgan fingerprint density at radius 2 is 1.75 bits per heavy atom. The lowest BCUT2D eigenvalue weighted by atomic mass is 9.84. The fourth-order valence-corrected chi connectivity index (χ4v) is 15.7. The average Bonchev–Trinajstić information content (AvgIpc) is 4.56. The van der Waals surface area contributed by atoms with Crippen LogP contribution in [0.4, 0.5) is 5.69 Å². The van der Waals surface area contributed by atoms with Gasteiger partial charge in [-0.05, 0) is 127 Å². The Morgan fingerprint density at radius 1 is 0.949 bits per heavy atom. The van der Waals surface area contributed by atoms with Crippen LogP contribution in [-0.4, -0.2) is 167 Å². The monoisotopic (exact) mass is 1100 g/mol. The number of hydrogen-bond donors (Lipinski definition) is 3. The number of ether oxygens (including phenoxy) is 2. The molecule has 3 aliphatic carbocycles. The van der Waals surface area contributed by atoms with E-state index in [0.717, 1.165) is 159 Å². The first kappa shape index (κ1) is 53.3. The number of carbonyl (C=O) groups excluding carboxylic acids is 4. The van der Waals surface area contributed by atoms with Gasteiger partial charge in [0.15, 0.2) is 0 Å². The zero-order valence-corrected chi connectivity index (χ0v) is 48.1. The highest BCUT2D eigenvalue weighted by Crippen LogP contribution is 2.47. The minimum absolute atomic E-state index is 0.0266. The van der Waals surface area contributed by atoms with E-state index in [1.165, 1.54) is 37.0 Å². The first-order valence-corrected chi connectivity index (χ1v) is 31.1. The van der Waals surface area contributed by atoms with Crippen LogP contribution in [0.1, 0.15) is 127 Å². The summed E-state index contributed by atoms with van der Waals surface area (Å²) in [5, 5.41) is 12.3. The van der Waals surface area contributed by atoms with Crippen molar-refractivity contribution in [2.75, 3.05) is 77.5 Å². The van der Waals surface area contributed by atoms with E-state index in [1.807, 2.05) is 6.20 Å². The number of rotatable bonds is 12. The third kappa shape index (κ3) is 10.6. The van der Waals surface area contributed by atoms with Crippen LogP contribution in [0.3, 0.4) is 0 Å². The van der Waals surface area contributed by atoms with Crippen LogP contribution < -0.4 is 21.0 Å². The number of piperazine rings is 1. The first-order chi connectivity index (χ1) is 38.3. The van der Waals surface area contributed by atoms with E-state index in [0.29, 0.717) is 37.8 Å². The van der Waals surface area contributed by atoms with Crippen LogP contribution in [0.15, 0.2) is 35.8 Å². The molecule has 1 aromatic carbocycles. The molecule has 7 atom stereocenters. The molecule has 8 fully saturated rings. The van der Waals surface area contributed by atoms with Crippen molar-refractivity contribution in [1.29, 1.82) is 0 Å². The van der Waals surface area contributed by atoms with Gasteiger partial charge in [-0.3, -0.25) is 44.3 Å². The zero-order chi connectivity index (χ0) is 54.3. The summed E-state index contributed by atoms with van der Waals surface area (Å²) in [6.07, 6.45) is 14.8. The number of esters is 1. The molecule has 6 aliphatic heterocycles. The van der Waals surface area contributed by atoms with Gasteiger partial charge in [0.05, 0.1) is 52.7 Å². The van der Waals surface area contributed by atoms with Crippen LogP contribution in [0, 0.1) is 22.7 Å². The maximum Gasteiger partial charge on any atom is 0.324 e. The number of pyridine rings is 1. The van der Waals surface area contributed by atoms with Gasteiger partial charge < -0.3 is 29.2 Å². The molecule has 17 nitrogen and oxygen atoms in total. The summed E-state index contributed by atoms with van der Waals surface area (Å²) in [6.45, 7) is 17.0. The van der Waals surface area contributed by atoms with Crippen LogP contribution >= 0.6 is 11.3 Å². The molecule has 79 heavy (non-hydrogen) atoms. The Balaban J connectivity index is 0.822. The lowest BCUT2D eigenvalue weighted by molar-refractivity contribution is -0.155. The van der Waals surface area contributed by atoms with Crippen LogP contribution in [0.2, 0.25) is 0 Å². The fraction of sp³-hybridized carbons (Fsp3) is 0.672. The number of cyclic esters (lactones) is 1. The second-order valence-electron chi connectivity index (χ2n) is 25.9. The summed E-state index contributed by atoms with van der Waals surface area (Å²) >= 11 is 1.51. The molecule has 18 heteroatoms. The van der Waals surface area contributed by atoms with Crippen molar-refractivity contribution in [2.24, 2.45) is 22.7 Å². The van der Waals surface area contributed by atoms with Gasteiger partial charge in [0.25, 0.3) is 5.91 Å². The number of nitrogens with zero attached hydrogens (tertiary/aromatic N) is 8. The highest BCUT2D eigenvalue weighted by Gasteiger charge is 2.55. The van der Waals surface area contributed by atoms with Gasteiger partial charge in [0.1, 0.15) is 18.1 Å². The quantitative estimate of drug-likeness (QED) is 0.101. The van der Waals surface area contributed by atoms with Crippen LogP contribution in [-0.2, 0) is 48.0 Å². The van der Waals surface area contributed by atoms with Crippen molar-refractivity contribution in [3.8, 4) is 22.5 Å². The maximum atomic E-state index is 15.2. The first-order valence-electron chi connectivity index (χ1n) is 30.2. The van der Waals surface area contributed by atoms with Crippen molar-refractivity contribution in [3.63, 3.8) is 0 Å². The molecule has 0 unspecified atom stereocenters. The van der Waals surface area contributed by atoms with Crippen molar-refractivity contribution < 1.29 is 28.7 Å². The van der Waals surface area contributed by atoms with Gasteiger partial charge >= 0.3 is 5.97 Å². The number of carbonyl (C=O) groups is 4. The smallest absolute Gasteiger partial charge is 0.324 e. The minimum atomic E-state index is -0.928. The number of hydrogen-bond acceptors (Lipinski definition) is 14. The molecule has 9 heterocycles. The van der Waals surface area contributed by atoms with Gasteiger partial charge in [0, 0.05) is 123 Å². The maximum absolute atomic E-state index is 15.2. The number of aryl methyl sites for hydroxylation is 1. The van der Waals surface area contributed by atoms with Crippen LogP contribution in [0.25, 0.3) is 33.4 Å². The fourth-order valence-electron chi connectivity index (χ4n) is 14.9. The molecule has 6 bridgehead atoms. The molecule has 3 amide bonds. The van der Waals surface area contributed by atoms with E-state index in [-0.39, 0.29) is 60.3 Å². The molecule has 3 N–H and O–H groups in total. The molecule has 3 saturated carbocycles. The number of amides is 3. The third-order valence-electron chi connectivity index (χ3n) is 19.7. The number of methoxy groups -OCH3 is 1. The number of hydrazine groups is 1. The molecule has 5 saturated heterocycles. The van der Waals surface area contributed by atoms with Crippen molar-refractivity contribution in [3.05, 3.63) is 52.1 Å². The summed E-state index contributed by atoms with van der Waals surface area (Å²) in [5.74, 6) is 0.295. The lowest BCUT2D eigenvalue weighted by Gasteiger charge is -2.37. The molecular formula is C61H83N11O6S. The summed E-state index contributed by atoms with van der Waals surface area (Å²) in [4.78, 5) is 78.3. The van der Waals surface area contributed by atoms with E-state index in [4.69, 9.17) is 19.4 Å². The Labute approximate surface area is 469 Å². The van der Waals surface area contributed by atoms with Gasteiger partial charge in [-0.1, -0.05) is 32.8 Å². The molecule has 9 aliphatic rings. The molecule has 0 radical (unpaired) electrons. The molecule has 3 aromatic heterocycles. The third-order valence-corrected chi connectivity index (χ3v) is 20.6. The Kier molecular flexibility index (Phi) is 14.5. The molecular weight excluding hydrogens is 1010 g/mol. The predicted octanol–water partition coefficient (Wildman–Crippen LogP) is 6.72. The molecule has 1 spiro atoms. The highest BCUT2D eigenvalue weighted by molar-refractivity contribution is 7.10. The van der Waals surface area contributed by atoms with Gasteiger partial charge in [-0.2, -0.15) is 0 Å². The topological polar surface area (TPSA) is 180 Å². The zero-order valence-electron chi connectivity index (χ0n) is 47.3. The summed E-state index contributed by atoms with van der Waals surface area (Å²) in [5.41, 5.74) is 10.9. The van der Waals surface area contributed by atoms with Crippen LogP contribution in [0.5, 0.6) is 0 Å². The number of fused-ring (bicyclic) bond motifs is 6. The number of nitrogens with one attached hydrogen (secondary N) is 3. The largest absolute Gasteiger partial charge is 0.464 e. The van der Waals surface area contributed by atoms with E-state index in [9.17, 15) is 9.59 Å². The van der Waals surface area contributed by atoms with Gasteiger partial charge in [-0.15, -0.1) is 11.3 Å². The van der Waals surface area contributed by atoms with E-state index in [1.54, 1.807) is 12.1 Å².